The third-order valence-corrected chi connectivity index (χ3v) is 8.55. The summed E-state index contributed by atoms with van der Waals surface area (Å²) >= 11 is 0. The van der Waals surface area contributed by atoms with Crippen molar-refractivity contribution in [1.82, 2.24) is 19.4 Å². The van der Waals surface area contributed by atoms with Gasteiger partial charge in [0.05, 0.1) is 11.7 Å². The first-order chi connectivity index (χ1) is 21.9. The Labute approximate surface area is 269 Å². The van der Waals surface area contributed by atoms with Gasteiger partial charge in [0, 0.05) is 51.2 Å². The number of carbonyl (C=O) groups excluding carboxylic acids is 2. The van der Waals surface area contributed by atoms with Gasteiger partial charge in [-0.05, 0) is 82.6 Å². The van der Waals surface area contributed by atoms with Crippen molar-refractivity contribution in [2.45, 2.75) is 71.2 Å². The molecule has 2 aliphatic heterocycles. The second-order valence-electron chi connectivity index (χ2n) is 13.4. The molecular formula is C35H44F2N4O5. The van der Waals surface area contributed by atoms with Gasteiger partial charge in [-0.3, -0.25) is 4.79 Å². The molecule has 0 bridgehead atoms. The number of aromatic nitrogens is 2. The van der Waals surface area contributed by atoms with Crippen molar-refractivity contribution in [2.75, 3.05) is 32.8 Å². The number of nitrogens with zero attached hydrogens (tertiary/aromatic N) is 4. The molecule has 1 aromatic heterocycles. The first-order valence-corrected chi connectivity index (χ1v) is 16.0. The Morgan fingerprint density at radius 3 is 2.50 bits per heavy atom. The number of hydrogen-bond acceptors (Lipinski definition) is 6. The molecule has 248 valence electrons. The Bertz CT molecular complexity index is 1500. The second kappa shape index (κ2) is 14.3. The summed E-state index contributed by atoms with van der Waals surface area (Å²) in [4.78, 5) is 35.1. The minimum atomic E-state index is -1.29. The fourth-order valence-corrected chi connectivity index (χ4v) is 6.37. The number of halogens is 2. The van der Waals surface area contributed by atoms with Gasteiger partial charge in [0.2, 0.25) is 0 Å². The fraction of sp³-hybridized carbons (Fsp3) is 0.514. The van der Waals surface area contributed by atoms with Crippen molar-refractivity contribution in [3.8, 4) is 11.3 Å². The van der Waals surface area contributed by atoms with E-state index in [-0.39, 0.29) is 29.6 Å². The number of rotatable bonds is 9. The molecule has 3 heterocycles. The van der Waals surface area contributed by atoms with Crippen LogP contribution in [0.4, 0.5) is 13.6 Å². The van der Waals surface area contributed by atoms with Gasteiger partial charge >= 0.3 is 6.09 Å². The third kappa shape index (κ3) is 8.11. The lowest BCUT2D eigenvalue weighted by atomic mass is 9.88. The van der Waals surface area contributed by atoms with Crippen LogP contribution < -0.4 is 0 Å². The van der Waals surface area contributed by atoms with Gasteiger partial charge in [-0.1, -0.05) is 30.3 Å². The van der Waals surface area contributed by atoms with Gasteiger partial charge in [0.15, 0.2) is 0 Å². The lowest BCUT2D eigenvalue weighted by Crippen LogP contribution is -2.47. The molecule has 0 spiro atoms. The van der Waals surface area contributed by atoms with Gasteiger partial charge < -0.3 is 28.9 Å². The van der Waals surface area contributed by atoms with Crippen LogP contribution in [0.2, 0.25) is 0 Å². The van der Waals surface area contributed by atoms with E-state index in [1.54, 1.807) is 16.0 Å². The van der Waals surface area contributed by atoms with Gasteiger partial charge in [0.25, 0.3) is 5.91 Å². The minimum absolute atomic E-state index is 0.0241. The Morgan fingerprint density at radius 1 is 1.11 bits per heavy atom. The molecule has 0 radical (unpaired) electrons. The van der Waals surface area contributed by atoms with Gasteiger partial charge in [-0.25, -0.2) is 18.6 Å². The molecule has 2 fully saturated rings. The molecule has 5 rings (SSSR count). The SMILES string of the molecule is C[C@H](O)C(=O)N(C[C@H]1CCN(C(=O)OC(C)(C)C)C1)[C@@H](c1nc(-c2cc(F)ccc2F)cn1Cc1ccccc1)C1CCOCC1. The Balaban J connectivity index is 1.57. The van der Waals surface area contributed by atoms with E-state index in [0.717, 1.165) is 23.8 Å². The van der Waals surface area contributed by atoms with Gasteiger partial charge in [0.1, 0.15) is 29.2 Å². The molecule has 46 heavy (non-hydrogen) atoms. The molecule has 0 unspecified atom stereocenters. The second-order valence-corrected chi connectivity index (χ2v) is 13.4. The number of likely N-dealkylation sites (tertiary alicyclic amines) is 1. The zero-order valence-electron chi connectivity index (χ0n) is 27.0. The smallest absolute Gasteiger partial charge is 0.410 e. The molecule has 2 aliphatic rings. The van der Waals surface area contributed by atoms with Gasteiger partial charge in [-0.2, -0.15) is 0 Å². The van der Waals surface area contributed by atoms with Crippen LogP contribution in [0.1, 0.15) is 64.4 Å². The van der Waals surface area contributed by atoms with Crippen molar-refractivity contribution in [1.29, 1.82) is 0 Å². The molecule has 9 nitrogen and oxygen atoms in total. The highest BCUT2D eigenvalue weighted by Crippen LogP contribution is 2.38. The van der Waals surface area contributed by atoms with Crippen LogP contribution in [-0.4, -0.2) is 81.0 Å². The van der Waals surface area contributed by atoms with E-state index in [4.69, 9.17) is 14.5 Å². The van der Waals surface area contributed by atoms with E-state index in [2.05, 4.69) is 0 Å². The van der Waals surface area contributed by atoms with Crippen LogP contribution in [0.25, 0.3) is 11.3 Å². The highest BCUT2D eigenvalue weighted by Gasteiger charge is 2.40. The van der Waals surface area contributed by atoms with Crippen LogP contribution in [0, 0.1) is 23.5 Å². The van der Waals surface area contributed by atoms with Crippen molar-refractivity contribution >= 4 is 12.0 Å². The maximum atomic E-state index is 15.1. The molecule has 3 atom stereocenters. The molecule has 2 aromatic carbocycles. The van der Waals surface area contributed by atoms with E-state index in [1.807, 2.05) is 55.7 Å². The van der Waals surface area contributed by atoms with E-state index >= 15 is 4.39 Å². The van der Waals surface area contributed by atoms with E-state index in [0.29, 0.717) is 57.9 Å². The summed E-state index contributed by atoms with van der Waals surface area (Å²) in [6.07, 6.45) is 1.96. The number of ether oxygens (including phenoxy) is 2. The Morgan fingerprint density at radius 2 is 1.83 bits per heavy atom. The average Bonchev–Trinajstić information content (AvgIpc) is 3.65. The monoisotopic (exact) mass is 638 g/mol. The van der Waals surface area contributed by atoms with Crippen LogP contribution in [0.15, 0.2) is 54.7 Å². The zero-order valence-corrected chi connectivity index (χ0v) is 27.0. The maximum Gasteiger partial charge on any atom is 0.410 e. The number of amides is 2. The number of aliphatic hydroxyl groups excluding tert-OH is 1. The number of hydrogen-bond donors (Lipinski definition) is 1. The lowest BCUT2D eigenvalue weighted by molar-refractivity contribution is -0.145. The Hall–Kier alpha value is -3.83. The predicted octanol–water partition coefficient (Wildman–Crippen LogP) is 5.81. The molecular weight excluding hydrogens is 594 g/mol. The largest absolute Gasteiger partial charge is 0.444 e. The summed E-state index contributed by atoms with van der Waals surface area (Å²) in [6.45, 7) is 9.45. The normalized spacial score (nSPS) is 18.8. The summed E-state index contributed by atoms with van der Waals surface area (Å²) < 4.78 is 42.6. The third-order valence-electron chi connectivity index (χ3n) is 8.55. The first-order valence-electron chi connectivity index (χ1n) is 16.0. The zero-order chi connectivity index (χ0) is 33.0. The number of imidazole rings is 1. The summed E-state index contributed by atoms with van der Waals surface area (Å²) in [6, 6.07) is 12.4. The molecule has 1 N–H and O–H groups in total. The molecule has 0 saturated carbocycles. The van der Waals surface area contributed by atoms with Crippen molar-refractivity contribution in [2.24, 2.45) is 11.8 Å². The number of benzene rings is 2. The highest BCUT2D eigenvalue weighted by molar-refractivity contribution is 5.80. The van der Waals surface area contributed by atoms with Gasteiger partial charge in [-0.15, -0.1) is 0 Å². The molecule has 2 amide bonds. The minimum Gasteiger partial charge on any atom is -0.444 e. The maximum absolute atomic E-state index is 15.1. The quantitative estimate of drug-likeness (QED) is 0.318. The van der Waals surface area contributed by atoms with Crippen LogP contribution >= 0.6 is 0 Å². The Kier molecular flexibility index (Phi) is 10.4. The molecule has 0 aliphatic carbocycles. The van der Waals surface area contributed by atoms with E-state index in [9.17, 15) is 19.1 Å². The first kappa shape index (κ1) is 33.5. The molecule has 11 heteroatoms. The summed E-state index contributed by atoms with van der Waals surface area (Å²) in [7, 11) is 0. The van der Waals surface area contributed by atoms with E-state index < -0.39 is 41.4 Å². The number of aliphatic hydroxyl groups is 1. The van der Waals surface area contributed by atoms with Crippen LogP contribution in [0.5, 0.6) is 0 Å². The topological polar surface area (TPSA) is 97.1 Å². The highest BCUT2D eigenvalue weighted by atomic mass is 19.1. The molecule has 2 saturated heterocycles. The summed E-state index contributed by atoms with van der Waals surface area (Å²) in [5, 5.41) is 10.7. The van der Waals surface area contributed by atoms with Crippen molar-refractivity contribution in [3.05, 3.63) is 77.8 Å². The lowest BCUT2D eigenvalue weighted by Gasteiger charge is -2.40. The van der Waals surface area contributed by atoms with E-state index in [1.165, 1.54) is 6.92 Å². The summed E-state index contributed by atoms with van der Waals surface area (Å²) in [5.74, 6) is -1.29. The predicted molar refractivity (Wildman–Crippen MR) is 169 cm³/mol. The van der Waals surface area contributed by atoms with Crippen LogP contribution in [-0.2, 0) is 20.8 Å². The van der Waals surface area contributed by atoms with Crippen molar-refractivity contribution in [3.63, 3.8) is 0 Å². The number of carbonyl (C=O) groups is 2. The van der Waals surface area contributed by atoms with Crippen LogP contribution in [0.3, 0.4) is 0 Å². The average molecular weight is 639 g/mol. The van der Waals surface area contributed by atoms with Crippen molar-refractivity contribution < 1.29 is 33.0 Å². The molecule has 3 aromatic rings. The standard InChI is InChI=1S/C35H44F2N4O5/c1-23(42)33(43)41(21-25-12-15-39(20-25)34(44)46-35(2,3)4)31(26-13-16-45-17-14-26)32-38-30(28-18-27(36)10-11-29(28)37)22-40(32)19-24-8-6-5-7-9-24/h5-11,18,22-23,25-26,31,42H,12-17,19-21H2,1-4H3/t23-,25-,31+/m0/s1. The fourth-order valence-electron chi connectivity index (χ4n) is 6.37. The summed E-state index contributed by atoms with van der Waals surface area (Å²) in [5.41, 5.74) is 0.611.